The highest BCUT2D eigenvalue weighted by molar-refractivity contribution is 7.90. The van der Waals surface area contributed by atoms with Crippen molar-refractivity contribution in [2.24, 2.45) is 5.92 Å². The number of aromatic nitrogens is 2. The molecule has 0 unspecified atom stereocenters. The Kier molecular flexibility index (Phi) is 7.67. The molecule has 2 aromatic rings. The zero-order chi connectivity index (χ0) is 22.4. The smallest absolute Gasteiger partial charge is 0.228 e. The van der Waals surface area contributed by atoms with Gasteiger partial charge in [0.1, 0.15) is 0 Å². The molecule has 0 aliphatic carbocycles. The van der Waals surface area contributed by atoms with E-state index in [2.05, 4.69) is 11.6 Å². The van der Waals surface area contributed by atoms with Crippen LogP contribution in [0.5, 0.6) is 0 Å². The lowest BCUT2D eigenvalue weighted by atomic mass is 10.1. The van der Waals surface area contributed by atoms with E-state index >= 15 is 0 Å². The third-order valence-corrected chi connectivity index (χ3v) is 6.89. The fourth-order valence-electron chi connectivity index (χ4n) is 3.78. The quantitative estimate of drug-likeness (QED) is 0.525. The number of imidazole rings is 1. The minimum Gasteiger partial charge on any atom is -0.376 e. The lowest BCUT2D eigenvalue weighted by molar-refractivity contribution is -0.136. The highest BCUT2D eigenvalue weighted by Gasteiger charge is 2.28. The van der Waals surface area contributed by atoms with Gasteiger partial charge in [-0.15, -0.1) is 6.58 Å². The molecule has 1 fully saturated rings. The van der Waals surface area contributed by atoms with Gasteiger partial charge in [-0.2, -0.15) is 0 Å². The van der Waals surface area contributed by atoms with Gasteiger partial charge in [-0.3, -0.25) is 4.79 Å². The number of sulfone groups is 1. The first-order valence-corrected chi connectivity index (χ1v) is 12.3. The summed E-state index contributed by atoms with van der Waals surface area (Å²) in [7, 11) is -3.66. The van der Waals surface area contributed by atoms with Gasteiger partial charge in [0.2, 0.25) is 20.9 Å². The SMILES string of the molecule is C=CCn1c(CN(C[C@H]2CCCO2)C(=O)C(C)C)cnc1S(=O)(=O)Cc1ccccc1. The fraction of sp³-hybridized carbons (Fsp3) is 0.478. The molecule has 0 N–H and O–H groups in total. The molecule has 0 saturated carbocycles. The number of hydrogen-bond acceptors (Lipinski definition) is 5. The summed E-state index contributed by atoms with van der Waals surface area (Å²) in [5, 5.41) is 0.000292. The highest BCUT2D eigenvalue weighted by atomic mass is 32.2. The molecule has 1 aromatic heterocycles. The zero-order valence-electron chi connectivity index (χ0n) is 18.2. The molecular weight excluding hydrogens is 414 g/mol. The Hall–Kier alpha value is -2.45. The molecule has 1 amide bonds. The minimum absolute atomic E-state index is 0.000292. The Morgan fingerprint density at radius 2 is 2.10 bits per heavy atom. The predicted molar refractivity (Wildman–Crippen MR) is 119 cm³/mol. The van der Waals surface area contributed by atoms with Crippen molar-refractivity contribution >= 4 is 15.7 Å². The van der Waals surface area contributed by atoms with E-state index in [4.69, 9.17) is 4.74 Å². The van der Waals surface area contributed by atoms with Gasteiger partial charge in [0.25, 0.3) is 0 Å². The average Bonchev–Trinajstić information content (AvgIpc) is 3.38. The summed E-state index contributed by atoms with van der Waals surface area (Å²) in [5.74, 6) is -0.291. The lowest BCUT2D eigenvalue weighted by Crippen LogP contribution is -2.39. The molecule has 0 spiro atoms. The van der Waals surface area contributed by atoms with Crippen LogP contribution >= 0.6 is 0 Å². The second kappa shape index (κ2) is 10.2. The van der Waals surface area contributed by atoms with E-state index in [0.717, 1.165) is 12.8 Å². The fourth-order valence-corrected chi connectivity index (χ4v) is 5.28. The van der Waals surface area contributed by atoms with E-state index in [0.29, 0.717) is 31.0 Å². The standard InChI is InChI=1S/C23H31N3O4S/c1-4-12-26-20(15-25(22(27)18(2)3)16-21-11-8-13-30-21)14-24-23(26)31(28,29)17-19-9-6-5-7-10-19/h4-7,9-10,14,18,21H,1,8,11-13,15-17H2,2-3H3/t21-/m1/s1. The minimum atomic E-state index is -3.66. The van der Waals surface area contributed by atoms with E-state index in [1.807, 2.05) is 32.0 Å². The molecule has 8 heteroatoms. The summed E-state index contributed by atoms with van der Waals surface area (Å²) in [6.45, 7) is 9.26. The number of nitrogens with zero attached hydrogens (tertiary/aromatic N) is 3. The van der Waals surface area contributed by atoms with Crippen molar-refractivity contribution in [1.82, 2.24) is 14.5 Å². The topological polar surface area (TPSA) is 81.5 Å². The lowest BCUT2D eigenvalue weighted by Gasteiger charge is -2.27. The van der Waals surface area contributed by atoms with E-state index in [-0.39, 0.29) is 35.4 Å². The number of carbonyl (C=O) groups is 1. The summed E-state index contributed by atoms with van der Waals surface area (Å²) in [5.41, 5.74) is 1.37. The molecule has 31 heavy (non-hydrogen) atoms. The molecule has 1 aromatic carbocycles. The van der Waals surface area contributed by atoms with Crippen LogP contribution in [0.25, 0.3) is 0 Å². The molecule has 1 saturated heterocycles. The number of benzene rings is 1. The Morgan fingerprint density at radius 3 is 2.71 bits per heavy atom. The molecule has 0 bridgehead atoms. The van der Waals surface area contributed by atoms with Gasteiger partial charge >= 0.3 is 0 Å². The number of carbonyl (C=O) groups excluding carboxylic acids is 1. The molecule has 2 heterocycles. The van der Waals surface area contributed by atoms with Crippen LogP contribution in [0.3, 0.4) is 0 Å². The summed E-state index contributed by atoms with van der Waals surface area (Å²) in [4.78, 5) is 18.9. The Bertz CT molecular complexity index is 993. The predicted octanol–water partition coefficient (Wildman–Crippen LogP) is 3.21. The number of rotatable bonds is 10. The van der Waals surface area contributed by atoms with Crippen LogP contribution in [0.4, 0.5) is 0 Å². The van der Waals surface area contributed by atoms with E-state index in [1.165, 1.54) is 0 Å². The number of allylic oxidation sites excluding steroid dienone is 1. The van der Waals surface area contributed by atoms with Crippen LogP contribution in [0, 0.1) is 5.92 Å². The summed E-state index contributed by atoms with van der Waals surface area (Å²) >= 11 is 0. The molecule has 1 aliphatic rings. The van der Waals surface area contributed by atoms with Crippen LogP contribution in [0.2, 0.25) is 0 Å². The normalized spacial score (nSPS) is 16.5. The summed E-state index contributed by atoms with van der Waals surface area (Å²) in [6.07, 6.45) is 5.12. The van der Waals surface area contributed by atoms with Gasteiger partial charge in [-0.05, 0) is 18.4 Å². The van der Waals surface area contributed by atoms with Crippen molar-refractivity contribution in [2.75, 3.05) is 13.2 Å². The van der Waals surface area contributed by atoms with E-state index < -0.39 is 9.84 Å². The van der Waals surface area contributed by atoms with Gasteiger partial charge < -0.3 is 14.2 Å². The van der Waals surface area contributed by atoms with Crippen LogP contribution < -0.4 is 0 Å². The molecule has 0 radical (unpaired) electrons. The number of ether oxygens (including phenoxy) is 1. The largest absolute Gasteiger partial charge is 0.376 e. The Balaban J connectivity index is 1.88. The Morgan fingerprint density at radius 1 is 1.35 bits per heavy atom. The number of hydrogen-bond donors (Lipinski definition) is 0. The zero-order valence-corrected chi connectivity index (χ0v) is 19.1. The average molecular weight is 446 g/mol. The first-order valence-electron chi connectivity index (χ1n) is 10.6. The van der Waals surface area contributed by atoms with Crippen molar-refractivity contribution in [3.8, 4) is 0 Å². The third-order valence-electron chi connectivity index (χ3n) is 5.30. The molecular formula is C23H31N3O4S. The van der Waals surface area contributed by atoms with Crippen molar-refractivity contribution < 1.29 is 17.9 Å². The highest BCUT2D eigenvalue weighted by Crippen LogP contribution is 2.21. The molecule has 7 nitrogen and oxygen atoms in total. The van der Waals surface area contributed by atoms with Crippen molar-refractivity contribution in [1.29, 1.82) is 0 Å². The Labute approximate surface area is 184 Å². The number of amides is 1. The maximum atomic E-state index is 13.1. The van der Waals surface area contributed by atoms with Gasteiger partial charge in [0.05, 0.1) is 30.3 Å². The summed E-state index contributed by atoms with van der Waals surface area (Å²) in [6, 6.07) is 9.04. The maximum absolute atomic E-state index is 13.1. The van der Waals surface area contributed by atoms with Gasteiger partial charge in [-0.25, -0.2) is 13.4 Å². The molecule has 168 valence electrons. The maximum Gasteiger partial charge on any atom is 0.228 e. The van der Waals surface area contributed by atoms with Crippen LogP contribution in [0.1, 0.15) is 37.9 Å². The van der Waals surface area contributed by atoms with Crippen LogP contribution in [-0.2, 0) is 38.2 Å². The molecule has 3 rings (SSSR count). The first kappa shape index (κ1) is 23.2. The van der Waals surface area contributed by atoms with Gasteiger partial charge in [0, 0.05) is 25.6 Å². The summed E-state index contributed by atoms with van der Waals surface area (Å²) < 4.78 is 33.6. The van der Waals surface area contributed by atoms with E-state index in [1.54, 1.807) is 33.9 Å². The van der Waals surface area contributed by atoms with Crippen molar-refractivity contribution in [3.63, 3.8) is 0 Å². The molecule has 1 atom stereocenters. The molecule has 1 aliphatic heterocycles. The van der Waals surface area contributed by atoms with Gasteiger partial charge in [0.15, 0.2) is 0 Å². The van der Waals surface area contributed by atoms with Gasteiger partial charge in [-0.1, -0.05) is 50.3 Å². The first-order chi connectivity index (χ1) is 14.8. The van der Waals surface area contributed by atoms with Crippen molar-refractivity contribution in [3.05, 3.63) is 60.4 Å². The monoisotopic (exact) mass is 445 g/mol. The third kappa shape index (κ3) is 5.83. The second-order valence-corrected chi connectivity index (χ2v) is 10.1. The second-order valence-electron chi connectivity index (χ2n) is 8.18. The van der Waals surface area contributed by atoms with Crippen LogP contribution in [0.15, 0.2) is 54.3 Å². The van der Waals surface area contributed by atoms with E-state index in [9.17, 15) is 13.2 Å². The van der Waals surface area contributed by atoms with Crippen molar-refractivity contribution in [2.45, 2.75) is 56.8 Å². The van der Waals surface area contributed by atoms with Crippen LogP contribution in [-0.4, -0.2) is 48.0 Å².